The molecule has 0 bridgehead atoms. The number of hydrogen-bond acceptors (Lipinski definition) is 4. The summed E-state index contributed by atoms with van der Waals surface area (Å²) in [6, 6.07) is 9.94. The molecule has 1 amide bonds. The quantitative estimate of drug-likeness (QED) is 0.688. The van der Waals surface area contributed by atoms with Gasteiger partial charge in [-0.3, -0.25) is 14.2 Å². The zero-order chi connectivity index (χ0) is 19.6. The van der Waals surface area contributed by atoms with Crippen LogP contribution in [0.5, 0.6) is 0 Å². The van der Waals surface area contributed by atoms with Crippen molar-refractivity contribution >= 4 is 17.1 Å². The Kier molecular flexibility index (Phi) is 5.25. The minimum absolute atomic E-state index is 0.0716. The SMILES string of the molecule is CC(CCc1ccccc1)NC(=O)Cn1c(=O)c2c(ncn2C)n(C)c1=O. The Morgan fingerprint density at radius 2 is 1.89 bits per heavy atom. The molecule has 0 aliphatic carbocycles. The summed E-state index contributed by atoms with van der Waals surface area (Å²) < 4.78 is 3.78. The number of nitrogens with zero attached hydrogens (tertiary/aromatic N) is 4. The fraction of sp³-hybridized carbons (Fsp3) is 0.368. The van der Waals surface area contributed by atoms with E-state index in [4.69, 9.17) is 0 Å². The van der Waals surface area contributed by atoms with Crippen LogP contribution in [0.4, 0.5) is 0 Å². The normalized spacial score (nSPS) is 12.3. The highest BCUT2D eigenvalue weighted by Gasteiger charge is 2.17. The van der Waals surface area contributed by atoms with Gasteiger partial charge in [-0.2, -0.15) is 0 Å². The Bertz CT molecular complexity index is 1080. The monoisotopic (exact) mass is 369 g/mol. The Hall–Kier alpha value is -3.16. The second kappa shape index (κ2) is 7.61. The van der Waals surface area contributed by atoms with Crippen LogP contribution in [0.15, 0.2) is 46.2 Å². The average Bonchev–Trinajstić information content (AvgIpc) is 3.04. The zero-order valence-corrected chi connectivity index (χ0v) is 15.7. The van der Waals surface area contributed by atoms with Crippen molar-refractivity contribution in [2.24, 2.45) is 14.1 Å². The van der Waals surface area contributed by atoms with Gasteiger partial charge >= 0.3 is 5.69 Å². The summed E-state index contributed by atoms with van der Waals surface area (Å²) in [5.41, 5.74) is 0.728. The molecule has 2 heterocycles. The summed E-state index contributed by atoms with van der Waals surface area (Å²) in [4.78, 5) is 41.5. The summed E-state index contributed by atoms with van der Waals surface area (Å²) in [6.07, 6.45) is 3.08. The van der Waals surface area contributed by atoms with E-state index in [9.17, 15) is 14.4 Å². The van der Waals surface area contributed by atoms with Crippen molar-refractivity contribution in [1.82, 2.24) is 24.0 Å². The third-order valence-electron chi connectivity index (χ3n) is 4.62. The predicted molar refractivity (Wildman–Crippen MR) is 103 cm³/mol. The number of amides is 1. The minimum atomic E-state index is -0.557. The van der Waals surface area contributed by atoms with Gasteiger partial charge in [0.15, 0.2) is 11.2 Å². The van der Waals surface area contributed by atoms with Gasteiger partial charge in [0.05, 0.1) is 6.33 Å². The van der Waals surface area contributed by atoms with E-state index in [0.29, 0.717) is 11.2 Å². The van der Waals surface area contributed by atoms with E-state index in [0.717, 1.165) is 17.4 Å². The molecule has 3 rings (SSSR count). The second-order valence-corrected chi connectivity index (χ2v) is 6.75. The molecule has 27 heavy (non-hydrogen) atoms. The molecule has 0 fully saturated rings. The van der Waals surface area contributed by atoms with E-state index < -0.39 is 11.2 Å². The molecule has 0 spiro atoms. The molecular formula is C19H23N5O3. The Labute approximate surface area is 156 Å². The molecule has 1 N–H and O–H groups in total. The van der Waals surface area contributed by atoms with Gasteiger partial charge in [0.1, 0.15) is 6.54 Å². The standard InChI is InChI=1S/C19H23N5O3/c1-13(9-10-14-7-5-4-6-8-14)21-15(25)11-24-18(26)16-17(20-12-22(16)2)23(3)19(24)27/h4-8,12-13H,9-11H2,1-3H3,(H,21,25). The summed E-state index contributed by atoms with van der Waals surface area (Å²) in [7, 11) is 3.21. The first-order valence-electron chi connectivity index (χ1n) is 8.82. The number of hydrogen-bond donors (Lipinski definition) is 1. The van der Waals surface area contributed by atoms with Crippen LogP contribution in [0.25, 0.3) is 11.2 Å². The first-order chi connectivity index (χ1) is 12.9. The highest BCUT2D eigenvalue weighted by molar-refractivity contribution is 5.76. The largest absolute Gasteiger partial charge is 0.352 e. The number of aryl methyl sites for hydroxylation is 3. The molecule has 0 saturated heterocycles. The van der Waals surface area contributed by atoms with E-state index >= 15 is 0 Å². The molecule has 1 unspecified atom stereocenters. The van der Waals surface area contributed by atoms with Crippen LogP contribution in [-0.2, 0) is 31.9 Å². The molecule has 0 aliphatic heterocycles. The van der Waals surface area contributed by atoms with Crippen LogP contribution >= 0.6 is 0 Å². The van der Waals surface area contributed by atoms with Gasteiger partial charge in [0.2, 0.25) is 5.91 Å². The Morgan fingerprint density at radius 3 is 2.59 bits per heavy atom. The number of carbonyl (C=O) groups is 1. The zero-order valence-electron chi connectivity index (χ0n) is 15.7. The van der Waals surface area contributed by atoms with Crippen LogP contribution < -0.4 is 16.6 Å². The van der Waals surface area contributed by atoms with Crippen LogP contribution in [0.2, 0.25) is 0 Å². The molecule has 1 aromatic carbocycles. The summed E-state index contributed by atoms with van der Waals surface area (Å²) in [5.74, 6) is -0.365. The average molecular weight is 369 g/mol. The highest BCUT2D eigenvalue weighted by Crippen LogP contribution is 2.05. The Balaban J connectivity index is 1.71. The topological polar surface area (TPSA) is 90.9 Å². The van der Waals surface area contributed by atoms with Gasteiger partial charge in [0.25, 0.3) is 5.56 Å². The molecule has 142 valence electrons. The molecule has 2 aromatic heterocycles. The van der Waals surface area contributed by atoms with E-state index in [2.05, 4.69) is 10.3 Å². The maximum Gasteiger partial charge on any atom is 0.332 e. The van der Waals surface area contributed by atoms with Crippen LogP contribution in [-0.4, -0.2) is 30.6 Å². The number of nitrogens with one attached hydrogen (secondary N) is 1. The van der Waals surface area contributed by atoms with Gasteiger partial charge in [0, 0.05) is 20.1 Å². The first-order valence-corrected chi connectivity index (χ1v) is 8.82. The molecule has 0 radical (unpaired) electrons. The highest BCUT2D eigenvalue weighted by atomic mass is 16.2. The summed E-state index contributed by atoms with van der Waals surface area (Å²) >= 11 is 0. The van der Waals surface area contributed by atoms with E-state index in [1.54, 1.807) is 11.6 Å². The molecule has 8 heteroatoms. The maximum atomic E-state index is 12.6. The minimum Gasteiger partial charge on any atom is -0.352 e. The maximum absolute atomic E-state index is 12.6. The summed E-state index contributed by atoms with van der Waals surface area (Å²) in [5, 5.41) is 2.86. The number of rotatable bonds is 6. The van der Waals surface area contributed by atoms with E-state index in [1.807, 2.05) is 37.3 Å². The van der Waals surface area contributed by atoms with Gasteiger partial charge < -0.3 is 9.88 Å². The van der Waals surface area contributed by atoms with Crippen molar-refractivity contribution < 1.29 is 4.79 Å². The molecular weight excluding hydrogens is 346 g/mol. The van der Waals surface area contributed by atoms with Crippen molar-refractivity contribution in [3.63, 3.8) is 0 Å². The number of aromatic nitrogens is 4. The van der Waals surface area contributed by atoms with Gasteiger partial charge in [-0.05, 0) is 25.3 Å². The molecule has 3 aromatic rings. The third kappa shape index (κ3) is 3.84. The summed E-state index contributed by atoms with van der Waals surface area (Å²) in [6.45, 7) is 1.59. The Morgan fingerprint density at radius 1 is 1.19 bits per heavy atom. The van der Waals surface area contributed by atoms with Crippen molar-refractivity contribution in [1.29, 1.82) is 0 Å². The smallest absolute Gasteiger partial charge is 0.332 e. The van der Waals surface area contributed by atoms with Crippen LogP contribution in [0, 0.1) is 0 Å². The number of fused-ring (bicyclic) bond motifs is 1. The first kappa shape index (κ1) is 18.6. The number of benzene rings is 1. The lowest BCUT2D eigenvalue weighted by atomic mass is 10.1. The third-order valence-corrected chi connectivity index (χ3v) is 4.62. The van der Waals surface area contributed by atoms with Crippen molar-refractivity contribution in [2.45, 2.75) is 32.4 Å². The molecule has 0 aliphatic rings. The van der Waals surface area contributed by atoms with Crippen molar-refractivity contribution in [3.05, 3.63) is 63.1 Å². The predicted octanol–water partition coefficient (Wildman–Crippen LogP) is 0.571. The van der Waals surface area contributed by atoms with Crippen LogP contribution in [0.1, 0.15) is 18.9 Å². The lowest BCUT2D eigenvalue weighted by molar-refractivity contribution is -0.122. The van der Waals surface area contributed by atoms with Crippen LogP contribution in [0.3, 0.4) is 0 Å². The molecule has 8 nitrogen and oxygen atoms in total. The number of imidazole rings is 1. The van der Waals surface area contributed by atoms with Gasteiger partial charge in [-0.1, -0.05) is 30.3 Å². The fourth-order valence-electron chi connectivity index (χ4n) is 3.10. The molecule has 1 atom stereocenters. The van der Waals surface area contributed by atoms with E-state index in [-0.39, 0.29) is 18.5 Å². The lowest BCUT2D eigenvalue weighted by Gasteiger charge is -2.15. The van der Waals surface area contributed by atoms with Gasteiger partial charge in [-0.25, -0.2) is 14.3 Å². The lowest BCUT2D eigenvalue weighted by Crippen LogP contribution is -2.45. The second-order valence-electron chi connectivity index (χ2n) is 6.75. The molecule has 0 saturated carbocycles. The number of carbonyl (C=O) groups excluding carboxylic acids is 1. The van der Waals surface area contributed by atoms with Crippen molar-refractivity contribution in [3.8, 4) is 0 Å². The van der Waals surface area contributed by atoms with E-state index in [1.165, 1.54) is 23.5 Å². The fourth-order valence-corrected chi connectivity index (χ4v) is 3.10. The van der Waals surface area contributed by atoms with Gasteiger partial charge in [-0.15, -0.1) is 0 Å². The van der Waals surface area contributed by atoms with Crippen molar-refractivity contribution in [2.75, 3.05) is 0 Å².